The predicted octanol–water partition coefficient (Wildman–Crippen LogP) is 2.33. The summed E-state index contributed by atoms with van der Waals surface area (Å²) in [7, 11) is 2.89. The van der Waals surface area contributed by atoms with Gasteiger partial charge in [-0.05, 0) is 12.1 Å². The number of ether oxygens (including phenoxy) is 2. The van der Waals surface area contributed by atoms with Crippen LogP contribution in [0.1, 0.15) is 21.8 Å². The highest BCUT2D eigenvalue weighted by atomic mass is 32.1. The topological polar surface area (TPSA) is 102 Å². The van der Waals surface area contributed by atoms with E-state index in [0.29, 0.717) is 11.5 Å². The second kappa shape index (κ2) is 8.66. The molecule has 2 N–H and O–H groups in total. The van der Waals surface area contributed by atoms with Crippen LogP contribution in [0, 0.1) is 0 Å². The van der Waals surface area contributed by atoms with E-state index in [-0.39, 0.29) is 35.0 Å². The monoisotopic (exact) mass is 404 g/mol. The molecular formula is C15H15F3N4O4S. The lowest BCUT2D eigenvalue weighted by Crippen LogP contribution is -2.27. The van der Waals surface area contributed by atoms with Gasteiger partial charge in [-0.1, -0.05) is 11.3 Å². The van der Waals surface area contributed by atoms with Crippen LogP contribution < -0.4 is 20.1 Å². The SMILES string of the molecule is COc1cc(OC)cc(C(=O)NCCC(=O)Nc2nnc(C(F)(F)F)s2)c1. The molecule has 1 aromatic carbocycles. The Labute approximate surface area is 155 Å². The Morgan fingerprint density at radius 1 is 1.11 bits per heavy atom. The molecule has 0 aliphatic rings. The Morgan fingerprint density at radius 3 is 2.26 bits per heavy atom. The molecule has 27 heavy (non-hydrogen) atoms. The van der Waals surface area contributed by atoms with Gasteiger partial charge in [0.2, 0.25) is 16.0 Å². The first-order valence-corrected chi connectivity index (χ1v) is 8.26. The molecule has 12 heteroatoms. The number of carbonyl (C=O) groups excluding carboxylic acids is 2. The number of hydrogen-bond acceptors (Lipinski definition) is 7. The van der Waals surface area contributed by atoms with E-state index in [4.69, 9.17) is 9.47 Å². The number of anilines is 1. The maximum Gasteiger partial charge on any atom is 0.445 e. The van der Waals surface area contributed by atoms with Crippen molar-refractivity contribution in [1.82, 2.24) is 15.5 Å². The molecule has 1 aromatic heterocycles. The number of halogens is 3. The Bertz CT molecular complexity index is 803. The van der Waals surface area contributed by atoms with Crippen molar-refractivity contribution in [1.29, 1.82) is 0 Å². The predicted molar refractivity (Wildman–Crippen MR) is 90.0 cm³/mol. The Morgan fingerprint density at radius 2 is 1.74 bits per heavy atom. The quantitative estimate of drug-likeness (QED) is 0.734. The maximum atomic E-state index is 12.4. The van der Waals surface area contributed by atoms with Crippen LogP contribution in [0.3, 0.4) is 0 Å². The Hall–Kier alpha value is -2.89. The summed E-state index contributed by atoms with van der Waals surface area (Å²) in [5.74, 6) is -0.221. The van der Waals surface area contributed by atoms with E-state index in [1.54, 1.807) is 6.07 Å². The zero-order chi connectivity index (χ0) is 20.0. The number of benzene rings is 1. The zero-order valence-electron chi connectivity index (χ0n) is 14.2. The lowest BCUT2D eigenvalue weighted by atomic mass is 10.2. The zero-order valence-corrected chi connectivity index (χ0v) is 15.0. The summed E-state index contributed by atoms with van der Waals surface area (Å²) in [6.07, 6.45) is -4.78. The van der Waals surface area contributed by atoms with Gasteiger partial charge in [0, 0.05) is 24.6 Å². The summed E-state index contributed by atoms with van der Waals surface area (Å²) in [5.41, 5.74) is 0.269. The number of rotatable bonds is 7. The van der Waals surface area contributed by atoms with Crippen LogP contribution in [0.4, 0.5) is 18.3 Å². The molecule has 0 saturated heterocycles. The van der Waals surface area contributed by atoms with Crippen LogP contribution in [0.15, 0.2) is 18.2 Å². The first-order chi connectivity index (χ1) is 12.7. The van der Waals surface area contributed by atoms with Crippen LogP contribution in [0.2, 0.25) is 0 Å². The number of methoxy groups -OCH3 is 2. The van der Waals surface area contributed by atoms with Crippen LogP contribution in [0.25, 0.3) is 0 Å². The van der Waals surface area contributed by atoms with Crippen molar-refractivity contribution in [3.05, 3.63) is 28.8 Å². The van der Waals surface area contributed by atoms with Gasteiger partial charge in [0.15, 0.2) is 0 Å². The fourth-order valence-corrected chi connectivity index (χ4v) is 2.53. The van der Waals surface area contributed by atoms with E-state index in [1.165, 1.54) is 26.4 Å². The summed E-state index contributed by atoms with van der Waals surface area (Å²) in [5, 5.41) is 9.51. The van der Waals surface area contributed by atoms with E-state index in [9.17, 15) is 22.8 Å². The maximum absolute atomic E-state index is 12.4. The van der Waals surface area contributed by atoms with Crippen molar-refractivity contribution >= 4 is 28.3 Å². The normalized spacial score (nSPS) is 11.0. The molecule has 1 heterocycles. The summed E-state index contributed by atoms with van der Waals surface area (Å²) in [4.78, 5) is 23.9. The molecule has 0 saturated carbocycles. The van der Waals surface area contributed by atoms with E-state index >= 15 is 0 Å². The highest BCUT2D eigenvalue weighted by Gasteiger charge is 2.35. The molecule has 0 fully saturated rings. The molecule has 0 spiro atoms. The number of aromatic nitrogens is 2. The van der Waals surface area contributed by atoms with Crippen LogP contribution >= 0.6 is 11.3 Å². The third-order valence-corrected chi connectivity index (χ3v) is 4.05. The van der Waals surface area contributed by atoms with Crippen LogP contribution in [0.5, 0.6) is 11.5 Å². The minimum Gasteiger partial charge on any atom is -0.497 e. The van der Waals surface area contributed by atoms with Gasteiger partial charge >= 0.3 is 6.18 Å². The Kier molecular flexibility index (Phi) is 6.55. The molecule has 2 amide bonds. The number of amides is 2. The Balaban J connectivity index is 1.86. The summed E-state index contributed by atoms with van der Waals surface area (Å²) >= 11 is 0.219. The summed E-state index contributed by atoms with van der Waals surface area (Å²) in [6.45, 7) is -0.0326. The minimum atomic E-state index is -4.62. The number of hydrogen-bond donors (Lipinski definition) is 2. The number of nitrogens with zero attached hydrogens (tertiary/aromatic N) is 2. The van der Waals surface area contributed by atoms with Gasteiger partial charge in [-0.2, -0.15) is 13.2 Å². The summed E-state index contributed by atoms with van der Waals surface area (Å²) in [6, 6.07) is 4.59. The van der Waals surface area contributed by atoms with Crippen LogP contribution in [-0.2, 0) is 11.0 Å². The van der Waals surface area contributed by atoms with E-state index in [1.807, 2.05) is 0 Å². The highest BCUT2D eigenvalue weighted by molar-refractivity contribution is 7.15. The average molecular weight is 404 g/mol. The number of nitrogens with one attached hydrogen (secondary N) is 2. The molecule has 0 unspecified atom stereocenters. The third-order valence-electron chi connectivity index (χ3n) is 3.17. The van der Waals surface area contributed by atoms with Gasteiger partial charge in [0.05, 0.1) is 14.2 Å². The third kappa shape index (κ3) is 5.81. The van der Waals surface area contributed by atoms with Gasteiger partial charge < -0.3 is 20.1 Å². The van der Waals surface area contributed by atoms with Gasteiger partial charge in [-0.25, -0.2) is 0 Å². The van der Waals surface area contributed by atoms with Gasteiger partial charge in [-0.15, -0.1) is 10.2 Å². The number of alkyl halides is 3. The van der Waals surface area contributed by atoms with Crippen molar-refractivity contribution in [2.45, 2.75) is 12.6 Å². The van der Waals surface area contributed by atoms with Crippen molar-refractivity contribution < 1.29 is 32.2 Å². The first kappa shape index (κ1) is 20.4. The first-order valence-electron chi connectivity index (χ1n) is 7.44. The molecule has 0 radical (unpaired) electrons. The average Bonchev–Trinajstić information content (AvgIpc) is 3.09. The second-order valence-corrected chi connectivity index (χ2v) is 6.04. The van der Waals surface area contributed by atoms with E-state index < -0.39 is 23.0 Å². The molecule has 0 atom stereocenters. The van der Waals surface area contributed by atoms with Crippen molar-refractivity contribution in [2.75, 3.05) is 26.1 Å². The fraction of sp³-hybridized carbons (Fsp3) is 0.333. The largest absolute Gasteiger partial charge is 0.497 e. The molecule has 2 aromatic rings. The molecule has 0 aliphatic carbocycles. The van der Waals surface area contributed by atoms with Crippen molar-refractivity contribution in [2.24, 2.45) is 0 Å². The molecule has 2 rings (SSSR count). The smallest absolute Gasteiger partial charge is 0.445 e. The van der Waals surface area contributed by atoms with Gasteiger partial charge in [-0.3, -0.25) is 9.59 Å². The molecule has 0 bridgehead atoms. The minimum absolute atomic E-state index is 0.0326. The second-order valence-electron chi connectivity index (χ2n) is 5.07. The standard InChI is InChI=1S/C15H15F3N4O4S/c1-25-9-5-8(6-10(7-9)26-2)12(24)19-4-3-11(23)20-14-22-21-13(27-14)15(16,17)18/h5-7H,3-4H2,1-2H3,(H,19,24)(H,20,22,23). The van der Waals surface area contributed by atoms with Crippen LogP contribution in [-0.4, -0.2) is 42.8 Å². The fourth-order valence-electron chi connectivity index (χ4n) is 1.90. The van der Waals surface area contributed by atoms with E-state index in [0.717, 1.165) is 0 Å². The summed E-state index contributed by atoms with van der Waals surface area (Å²) < 4.78 is 47.4. The number of carbonyl (C=O) groups is 2. The molecule has 8 nitrogen and oxygen atoms in total. The molecular weight excluding hydrogens is 389 g/mol. The molecule has 146 valence electrons. The van der Waals surface area contributed by atoms with Gasteiger partial charge in [0.25, 0.3) is 5.91 Å². The van der Waals surface area contributed by atoms with Crippen molar-refractivity contribution in [3.8, 4) is 11.5 Å². The van der Waals surface area contributed by atoms with Gasteiger partial charge in [0.1, 0.15) is 11.5 Å². The van der Waals surface area contributed by atoms with Crippen molar-refractivity contribution in [3.63, 3.8) is 0 Å². The van der Waals surface area contributed by atoms with E-state index in [2.05, 4.69) is 20.8 Å². The molecule has 0 aliphatic heterocycles. The highest BCUT2D eigenvalue weighted by Crippen LogP contribution is 2.33. The lowest BCUT2D eigenvalue weighted by molar-refractivity contribution is -0.138. The lowest BCUT2D eigenvalue weighted by Gasteiger charge is -2.09.